The second-order valence-electron chi connectivity index (χ2n) is 14.6. The predicted molar refractivity (Wildman–Crippen MR) is 201 cm³/mol. The molecule has 0 aliphatic carbocycles. The van der Waals surface area contributed by atoms with Crippen molar-refractivity contribution in [1.29, 1.82) is 0 Å². The summed E-state index contributed by atoms with van der Waals surface area (Å²) in [4.78, 5) is 24.9. The van der Waals surface area contributed by atoms with Crippen molar-refractivity contribution in [2.45, 2.75) is 180 Å². The van der Waals surface area contributed by atoms with E-state index in [2.05, 4.69) is 43.5 Å². The lowest BCUT2D eigenvalue weighted by Crippen LogP contribution is -2.46. The number of quaternary nitrogens is 1. The van der Waals surface area contributed by atoms with Crippen molar-refractivity contribution in [3.63, 3.8) is 0 Å². The van der Waals surface area contributed by atoms with Gasteiger partial charge in [-0.05, 0) is 44.9 Å². The van der Waals surface area contributed by atoms with Crippen LogP contribution in [0.15, 0.2) is 24.3 Å². The van der Waals surface area contributed by atoms with Crippen molar-refractivity contribution < 1.29 is 32.9 Å². The molecule has 0 saturated heterocycles. The summed E-state index contributed by atoms with van der Waals surface area (Å²) in [5.74, 6) is -0.180. The molecule has 0 aromatic carbocycles. The number of amides is 1. The number of carbonyl (C=O) groups excluding carboxylic acids is 1. The molecule has 0 bridgehead atoms. The van der Waals surface area contributed by atoms with Crippen LogP contribution in [-0.4, -0.2) is 68.5 Å². The Balaban J connectivity index is 3.96. The zero-order valence-corrected chi connectivity index (χ0v) is 32.8. The van der Waals surface area contributed by atoms with Crippen molar-refractivity contribution in [1.82, 2.24) is 5.32 Å². The molecule has 3 unspecified atom stereocenters. The molecule has 1 amide bonds. The lowest BCUT2D eigenvalue weighted by Gasteiger charge is -2.30. The predicted octanol–water partition coefficient (Wildman–Crippen LogP) is 9.55. The van der Waals surface area contributed by atoms with Crippen molar-refractivity contribution >= 4 is 13.7 Å². The van der Waals surface area contributed by atoms with Crippen molar-refractivity contribution in [3.8, 4) is 0 Å². The number of carbonyl (C=O) groups is 1. The summed E-state index contributed by atoms with van der Waals surface area (Å²) in [6.07, 6.45) is 35.5. The number of hydrogen-bond donors (Lipinski definition) is 2. The number of nitrogens with zero attached hydrogens (tertiary/aromatic N) is 1. The van der Waals surface area contributed by atoms with Gasteiger partial charge >= 0.3 is 0 Å². The largest absolute Gasteiger partial charge is 0.756 e. The van der Waals surface area contributed by atoms with E-state index in [1.54, 1.807) is 0 Å². The van der Waals surface area contributed by atoms with Crippen molar-refractivity contribution in [3.05, 3.63) is 24.3 Å². The van der Waals surface area contributed by atoms with Crippen molar-refractivity contribution in [2.24, 2.45) is 0 Å². The van der Waals surface area contributed by atoms with Gasteiger partial charge < -0.3 is 28.8 Å². The molecule has 48 heavy (non-hydrogen) atoms. The van der Waals surface area contributed by atoms with E-state index in [4.69, 9.17) is 9.05 Å². The topological polar surface area (TPSA) is 108 Å². The quantitative estimate of drug-likeness (QED) is 0.0295. The third kappa shape index (κ3) is 33.5. The third-order valence-corrected chi connectivity index (χ3v) is 9.66. The zero-order chi connectivity index (χ0) is 35.8. The lowest BCUT2D eigenvalue weighted by molar-refractivity contribution is -0.870. The molecule has 0 heterocycles. The molecule has 0 aliphatic heterocycles. The SMILES string of the molecule is CCCCCCC/C=C\C/C=C\CCCCCCCCCCCCCC(=O)NC(COP(=O)([O-])OCC[N+](C)(C)C)C(O)CCCCC. The number of phosphoric acid groups is 1. The summed E-state index contributed by atoms with van der Waals surface area (Å²) in [6.45, 7) is 4.52. The molecule has 0 aromatic rings. The maximum atomic E-state index is 12.6. The minimum Gasteiger partial charge on any atom is -0.756 e. The van der Waals surface area contributed by atoms with Gasteiger partial charge in [-0.25, -0.2) is 0 Å². The number of aliphatic hydroxyl groups is 1. The van der Waals surface area contributed by atoms with Crippen LogP contribution in [0.1, 0.15) is 168 Å². The molecule has 0 radical (unpaired) electrons. The number of hydrogen-bond acceptors (Lipinski definition) is 6. The summed E-state index contributed by atoms with van der Waals surface area (Å²) in [6, 6.07) is -0.794. The first kappa shape index (κ1) is 47.0. The normalized spacial score (nSPS) is 14.9. The van der Waals surface area contributed by atoms with E-state index in [0.717, 1.165) is 44.9 Å². The van der Waals surface area contributed by atoms with Gasteiger partial charge in [-0.15, -0.1) is 0 Å². The Morgan fingerprint density at radius 3 is 1.73 bits per heavy atom. The number of rotatable bonds is 35. The Bertz CT molecular complexity index is 845. The Kier molecular flexibility index (Phi) is 31.2. The van der Waals surface area contributed by atoms with Gasteiger partial charge in [-0.3, -0.25) is 9.36 Å². The number of nitrogens with one attached hydrogen (secondary N) is 1. The lowest BCUT2D eigenvalue weighted by atomic mass is 10.0. The molecule has 8 nitrogen and oxygen atoms in total. The molecule has 0 fully saturated rings. The fourth-order valence-electron chi connectivity index (χ4n) is 5.48. The van der Waals surface area contributed by atoms with Crippen LogP contribution in [0.3, 0.4) is 0 Å². The Hall–Kier alpha value is -1.02. The average molecular weight is 701 g/mol. The Morgan fingerprint density at radius 2 is 1.21 bits per heavy atom. The second-order valence-corrected chi connectivity index (χ2v) is 16.0. The maximum Gasteiger partial charge on any atom is 0.268 e. The number of likely N-dealkylation sites (N-methyl/N-ethyl adjacent to an activating group) is 1. The zero-order valence-electron chi connectivity index (χ0n) is 31.9. The Morgan fingerprint density at radius 1 is 0.729 bits per heavy atom. The van der Waals surface area contributed by atoms with Gasteiger partial charge in [0.15, 0.2) is 0 Å². The van der Waals surface area contributed by atoms with Gasteiger partial charge in [-0.1, -0.05) is 141 Å². The molecule has 2 N–H and O–H groups in total. The molecule has 284 valence electrons. The first-order chi connectivity index (χ1) is 23.0. The summed E-state index contributed by atoms with van der Waals surface area (Å²) >= 11 is 0. The van der Waals surface area contributed by atoms with Gasteiger partial charge in [-0.2, -0.15) is 0 Å². The smallest absolute Gasteiger partial charge is 0.268 e. The fourth-order valence-corrected chi connectivity index (χ4v) is 6.20. The van der Waals surface area contributed by atoms with E-state index in [9.17, 15) is 19.4 Å². The molecule has 9 heteroatoms. The van der Waals surface area contributed by atoms with Gasteiger partial charge in [0.25, 0.3) is 7.82 Å². The number of unbranched alkanes of at least 4 members (excludes halogenated alkanes) is 18. The molecule has 0 aromatic heterocycles. The second kappa shape index (κ2) is 31.9. The summed E-state index contributed by atoms with van der Waals surface area (Å²) in [5.41, 5.74) is 0. The van der Waals surface area contributed by atoms with Crippen LogP contribution in [0.2, 0.25) is 0 Å². The number of phosphoric ester groups is 1. The van der Waals surface area contributed by atoms with Gasteiger partial charge in [0.1, 0.15) is 13.2 Å². The van der Waals surface area contributed by atoms with E-state index in [1.807, 2.05) is 21.1 Å². The van der Waals surface area contributed by atoms with E-state index in [1.165, 1.54) is 96.3 Å². The van der Waals surface area contributed by atoms with Crippen LogP contribution < -0.4 is 10.2 Å². The van der Waals surface area contributed by atoms with Crippen LogP contribution in [0.5, 0.6) is 0 Å². The highest BCUT2D eigenvalue weighted by Crippen LogP contribution is 2.38. The van der Waals surface area contributed by atoms with E-state index in [-0.39, 0.29) is 19.1 Å². The molecule has 0 aliphatic rings. The minimum atomic E-state index is -4.53. The fraction of sp³-hybridized carbons (Fsp3) is 0.872. The third-order valence-electron chi connectivity index (χ3n) is 8.69. The summed E-state index contributed by atoms with van der Waals surface area (Å²) in [5, 5.41) is 13.5. The minimum absolute atomic E-state index is 0.0103. The molecule has 0 spiro atoms. The van der Waals surface area contributed by atoms with Crippen LogP contribution in [0, 0.1) is 0 Å². The molecule has 0 rings (SSSR count). The molecular formula is C39H77N2O6P. The van der Waals surface area contributed by atoms with Crippen LogP contribution in [0.4, 0.5) is 0 Å². The van der Waals surface area contributed by atoms with Gasteiger partial charge in [0.05, 0.1) is 39.9 Å². The van der Waals surface area contributed by atoms with E-state index in [0.29, 0.717) is 23.9 Å². The highest BCUT2D eigenvalue weighted by Gasteiger charge is 2.24. The standard InChI is InChI=1S/C39H77N2O6P/c1-6-8-10-11-12-13-14-15-16-17-18-19-20-21-22-23-24-25-26-27-28-29-31-33-39(43)40-37(38(42)32-30-9-7-2)36-47-48(44,45)46-35-34-41(3,4)5/h14-15,17-18,37-38,42H,6-13,16,19-36H2,1-5H3,(H-,40,43,44,45)/b15-14-,18-17-. The summed E-state index contributed by atoms with van der Waals surface area (Å²) in [7, 11) is 1.29. The van der Waals surface area contributed by atoms with E-state index >= 15 is 0 Å². The van der Waals surface area contributed by atoms with E-state index < -0.39 is 20.0 Å². The first-order valence-electron chi connectivity index (χ1n) is 19.7. The maximum absolute atomic E-state index is 12.6. The molecular weight excluding hydrogens is 623 g/mol. The Labute approximate surface area is 296 Å². The van der Waals surface area contributed by atoms with Gasteiger partial charge in [0.2, 0.25) is 5.91 Å². The van der Waals surface area contributed by atoms with Crippen LogP contribution in [0.25, 0.3) is 0 Å². The first-order valence-corrected chi connectivity index (χ1v) is 21.1. The average Bonchev–Trinajstić information content (AvgIpc) is 3.02. The van der Waals surface area contributed by atoms with Crippen molar-refractivity contribution in [2.75, 3.05) is 40.9 Å². The number of allylic oxidation sites excluding steroid dienone is 4. The number of aliphatic hydroxyl groups excluding tert-OH is 1. The summed E-state index contributed by atoms with van der Waals surface area (Å²) < 4.78 is 22.9. The van der Waals surface area contributed by atoms with Gasteiger partial charge in [0, 0.05) is 6.42 Å². The van der Waals surface area contributed by atoms with Crippen LogP contribution in [-0.2, 0) is 18.4 Å². The molecule has 0 saturated carbocycles. The highest BCUT2D eigenvalue weighted by atomic mass is 31.2. The van der Waals surface area contributed by atoms with Crippen LogP contribution >= 0.6 is 7.82 Å². The highest BCUT2D eigenvalue weighted by molar-refractivity contribution is 7.45. The molecule has 3 atom stereocenters. The monoisotopic (exact) mass is 701 g/mol.